The summed E-state index contributed by atoms with van der Waals surface area (Å²) in [5, 5.41) is 3.21. The van der Waals surface area contributed by atoms with Crippen molar-refractivity contribution in [2.45, 2.75) is 32.9 Å². The predicted molar refractivity (Wildman–Crippen MR) is 74.9 cm³/mol. The number of hydrogen-bond acceptors (Lipinski definition) is 5. The van der Waals surface area contributed by atoms with Crippen LogP contribution in [0.2, 0.25) is 0 Å². The highest BCUT2D eigenvalue weighted by molar-refractivity contribution is 7.90. The summed E-state index contributed by atoms with van der Waals surface area (Å²) in [7, 11) is -6.77. The zero-order valence-corrected chi connectivity index (χ0v) is 13.2. The van der Waals surface area contributed by atoms with Crippen molar-refractivity contribution in [2.24, 2.45) is 0 Å². The summed E-state index contributed by atoms with van der Waals surface area (Å²) in [5.74, 6) is -0.253. The van der Waals surface area contributed by atoms with E-state index in [0.29, 0.717) is 13.1 Å². The Balaban J connectivity index is 2.61. The molecule has 0 amide bonds. The van der Waals surface area contributed by atoms with Gasteiger partial charge in [0.25, 0.3) is 0 Å². The molecule has 9 heteroatoms. The van der Waals surface area contributed by atoms with E-state index in [-0.39, 0.29) is 30.1 Å². The molecule has 7 nitrogen and oxygen atoms in total. The third-order valence-electron chi connectivity index (χ3n) is 3.40. The van der Waals surface area contributed by atoms with E-state index in [2.05, 4.69) is 10.0 Å². The van der Waals surface area contributed by atoms with Gasteiger partial charge in [-0.1, -0.05) is 0 Å². The van der Waals surface area contributed by atoms with Crippen molar-refractivity contribution >= 4 is 20.0 Å². The SMILES string of the molecule is CCS(=O)(=O)NCCS(=O)(=O)N1CCNC(C)C1C. The van der Waals surface area contributed by atoms with E-state index in [4.69, 9.17) is 0 Å². The molecule has 2 atom stereocenters. The molecule has 19 heavy (non-hydrogen) atoms. The lowest BCUT2D eigenvalue weighted by Gasteiger charge is -2.37. The highest BCUT2D eigenvalue weighted by atomic mass is 32.2. The molecular weight excluding hydrogens is 290 g/mol. The van der Waals surface area contributed by atoms with Crippen molar-refractivity contribution in [2.75, 3.05) is 31.1 Å². The van der Waals surface area contributed by atoms with E-state index in [1.165, 1.54) is 11.2 Å². The van der Waals surface area contributed by atoms with Gasteiger partial charge in [0.15, 0.2) is 0 Å². The van der Waals surface area contributed by atoms with Gasteiger partial charge < -0.3 is 5.32 Å². The molecule has 0 aliphatic carbocycles. The van der Waals surface area contributed by atoms with E-state index in [0.717, 1.165) is 0 Å². The number of sulfonamides is 2. The van der Waals surface area contributed by atoms with Gasteiger partial charge in [-0.15, -0.1) is 0 Å². The molecule has 0 saturated carbocycles. The van der Waals surface area contributed by atoms with E-state index >= 15 is 0 Å². The fourth-order valence-corrected chi connectivity index (χ4v) is 4.36. The summed E-state index contributed by atoms with van der Waals surface area (Å²) < 4.78 is 50.6. The summed E-state index contributed by atoms with van der Waals surface area (Å²) in [6.45, 7) is 6.26. The van der Waals surface area contributed by atoms with Gasteiger partial charge in [0.2, 0.25) is 20.0 Å². The number of hydrogen-bond donors (Lipinski definition) is 2. The Bertz CT molecular complexity index is 489. The van der Waals surface area contributed by atoms with Crippen molar-refractivity contribution in [3.63, 3.8) is 0 Å². The standard InChI is InChI=1S/C10H23N3O4S2/c1-4-18(14,15)12-6-8-19(16,17)13-7-5-11-9(2)10(13)3/h9-12H,4-8H2,1-3H3. The Labute approximate surface area is 115 Å². The van der Waals surface area contributed by atoms with Crippen LogP contribution in [0.25, 0.3) is 0 Å². The van der Waals surface area contributed by atoms with Gasteiger partial charge in [-0.25, -0.2) is 21.6 Å². The van der Waals surface area contributed by atoms with Crippen molar-refractivity contribution in [1.29, 1.82) is 0 Å². The molecule has 1 rings (SSSR count). The summed E-state index contributed by atoms with van der Waals surface area (Å²) in [5.41, 5.74) is 0. The molecule has 114 valence electrons. The van der Waals surface area contributed by atoms with Crippen LogP contribution < -0.4 is 10.0 Å². The smallest absolute Gasteiger partial charge is 0.215 e. The lowest BCUT2D eigenvalue weighted by atomic mass is 10.1. The van der Waals surface area contributed by atoms with Gasteiger partial charge in [-0.05, 0) is 20.8 Å². The van der Waals surface area contributed by atoms with E-state index in [9.17, 15) is 16.8 Å². The normalized spacial score (nSPS) is 26.5. The molecule has 0 aromatic rings. The van der Waals surface area contributed by atoms with Crippen LogP contribution in [-0.4, -0.2) is 64.4 Å². The monoisotopic (exact) mass is 313 g/mol. The first-order valence-corrected chi connectivity index (χ1v) is 9.66. The lowest BCUT2D eigenvalue weighted by molar-refractivity contribution is 0.233. The Morgan fingerprint density at radius 1 is 1.26 bits per heavy atom. The Kier molecular flexibility index (Phi) is 5.75. The van der Waals surface area contributed by atoms with E-state index in [1.54, 1.807) is 0 Å². The minimum Gasteiger partial charge on any atom is -0.311 e. The van der Waals surface area contributed by atoms with Crippen LogP contribution in [-0.2, 0) is 20.0 Å². The first-order chi connectivity index (χ1) is 8.69. The van der Waals surface area contributed by atoms with Gasteiger partial charge in [0.1, 0.15) is 0 Å². The summed E-state index contributed by atoms with van der Waals surface area (Å²) in [6, 6.07) is -0.0302. The predicted octanol–water partition coefficient (Wildman–Crippen LogP) is -1.06. The molecule has 0 aromatic carbocycles. The average molecular weight is 313 g/mol. The quantitative estimate of drug-likeness (QED) is 0.651. The van der Waals surface area contributed by atoms with Crippen molar-refractivity contribution in [3.8, 4) is 0 Å². The van der Waals surface area contributed by atoms with Crippen LogP contribution >= 0.6 is 0 Å². The fraction of sp³-hybridized carbons (Fsp3) is 1.00. The summed E-state index contributed by atoms with van der Waals surface area (Å²) in [4.78, 5) is 0. The van der Waals surface area contributed by atoms with E-state index < -0.39 is 20.0 Å². The number of nitrogens with one attached hydrogen (secondary N) is 2. The van der Waals surface area contributed by atoms with Crippen LogP contribution in [0.4, 0.5) is 0 Å². The van der Waals surface area contributed by atoms with Gasteiger partial charge in [-0.3, -0.25) is 0 Å². The number of rotatable bonds is 6. The number of nitrogens with zero attached hydrogens (tertiary/aromatic N) is 1. The summed E-state index contributed by atoms with van der Waals surface area (Å²) >= 11 is 0. The third-order valence-corrected chi connectivity index (χ3v) is 6.75. The minimum absolute atomic E-state index is 0.0475. The van der Waals surface area contributed by atoms with Crippen molar-refractivity contribution < 1.29 is 16.8 Å². The van der Waals surface area contributed by atoms with E-state index in [1.807, 2.05) is 13.8 Å². The molecule has 0 radical (unpaired) electrons. The molecule has 0 aromatic heterocycles. The largest absolute Gasteiger partial charge is 0.311 e. The Hall–Kier alpha value is -0.220. The second-order valence-electron chi connectivity index (χ2n) is 4.71. The summed E-state index contributed by atoms with van der Waals surface area (Å²) in [6.07, 6.45) is 0. The number of piperazine rings is 1. The van der Waals surface area contributed by atoms with Crippen LogP contribution in [0, 0.1) is 0 Å². The maximum atomic E-state index is 12.2. The topological polar surface area (TPSA) is 95.6 Å². The molecule has 2 unspecified atom stereocenters. The molecule has 1 heterocycles. The molecule has 1 aliphatic heterocycles. The lowest BCUT2D eigenvalue weighted by Crippen LogP contribution is -2.57. The molecule has 1 fully saturated rings. The maximum absolute atomic E-state index is 12.2. The zero-order chi connectivity index (χ0) is 14.7. The Morgan fingerprint density at radius 2 is 1.89 bits per heavy atom. The highest BCUT2D eigenvalue weighted by Gasteiger charge is 2.32. The zero-order valence-electron chi connectivity index (χ0n) is 11.6. The minimum atomic E-state index is -3.43. The molecule has 1 aliphatic rings. The van der Waals surface area contributed by atoms with Crippen LogP contribution in [0.5, 0.6) is 0 Å². The molecule has 0 spiro atoms. The second-order valence-corrected chi connectivity index (χ2v) is 8.84. The molecule has 2 N–H and O–H groups in total. The maximum Gasteiger partial charge on any atom is 0.215 e. The molecule has 1 saturated heterocycles. The Morgan fingerprint density at radius 3 is 2.47 bits per heavy atom. The molecular formula is C10H23N3O4S2. The first-order valence-electron chi connectivity index (χ1n) is 6.40. The van der Waals surface area contributed by atoms with Crippen molar-refractivity contribution in [3.05, 3.63) is 0 Å². The van der Waals surface area contributed by atoms with Crippen LogP contribution in [0.1, 0.15) is 20.8 Å². The first kappa shape index (κ1) is 16.8. The third kappa shape index (κ3) is 4.67. The molecule has 0 bridgehead atoms. The van der Waals surface area contributed by atoms with Gasteiger partial charge in [0, 0.05) is 31.7 Å². The van der Waals surface area contributed by atoms with Crippen LogP contribution in [0.3, 0.4) is 0 Å². The van der Waals surface area contributed by atoms with Gasteiger partial charge in [0.05, 0.1) is 11.5 Å². The average Bonchev–Trinajstić information content (AvgIpc) is 2.32. The van der Waals surface area contributed by atoms with Gasteiger partial charge in [-0.2, -0.15) is 4.31 Å². The highest BCUT2D eigenvalue weighted by Crippen LogP contribution is 2.14. The fourth-order valence-electron chi connectivity index (χ4n) is 1.96. The van der Waals surface area contributed by atoms with Gasteiger partial charge >= 0.3 is 0 Å². The van der Waals surface area contributed by atoms with Crippen molar-refractivity contribution in [1.82, 2.24) is 14.3 Å². The van der Waals surface area contributed by atoms with Crippen LogP contribution in [0.15, 0.2) is 0 Å². The second kappa shape index (κ2) is 6.49.